The van der Waals surface area contributed by atoms with Gasteiger partial charge in [0.05, 0.1) is 13.2 Å². The number of amides is 1. The van der Waals surface area contributed by atoms with Gasteiger partial charge in [0.1, 0.15) is 0 Å². The number of fused-ring (bicyclic) bond motifs is 1. The van der Waals surface area contributed by atoms with Crippen molar-refractivity contribution in [3.05, 3.63) is 29.3 Å². The van der Waals surface area contributed by atoms with Crippen LogP contribution < -0.4 is 10.2 Å². The lowest BCUT2D eigenvalue weighted by molar-refractivity contribution is -0.116. The van der Waals surface area contributed by atoms with Crippen molar-refractivity contribution in [3.63, 3.8) is 0 Å². The fourth-order valence-corrected chi connectivity index (χ4v) is 2.29. The van der Waals surface area contributed by atoms with Crippen molar-refractivity contribution >= 4 is 17.4 Å². The minimum Gasteiger partial charge on any atom is -0.395 e. The summed E-state index contributed by atoms with van der Waals surface area (Å²) in [6, 6.07) is 5.45. The summed E-state index contributed by atoms with van der Waals surface area (Å²) >= 11 is 0. The highest BCUT2D eigenvalue weighted by Gasteiger charge is 2.22. The van der Waals surface area contributed by atoms with Crippen molar-refractivity contribution in [2.45, 2.75) is 13.3 Å². The number of anilines is 1. The molecule has 19 heavy (non-hydrogen) atoms. The predicted octanol–water partition coefficient (Wildman–Crippen LogP) is 0.360. The molecule has 0 saturated carbocycles. The molecule has 1 aromatic carbocycles. The van der Waals surface area contributed by atoms with Crippen molar-refractivity contribution in [2.24, 2.45) is 0 Å². The number of nitrogens with one attached hydrogen (secondary N) is 1. The Kier molecular flexibility index (Phi) is 4.29. The second-order valence-electron chi connectivity index (χ2n) is 4.59. The van der Waals surface area contributed by atoms with E-state index in [0.29, 0.717) is 18.7 Å². The molecule has 1 aliphatic heterocycles. The van der Waals surface area contributed by atoms with Gasteiger partial charge in [-0.3, -0.25) is 9.59 Å². The zero-order valence-electron chi connectivity index (χ0n) is 11.0. The number of benzene rings is 1. The monoisotopic (exact) mass is 262 g/mol. The number of hydrogen-bond acceptors (Lipinski definition) is 4. The molecule has 5 nitrogen and oxygen atoms in total. The second-order valence-corrected chi connectivity index (χ2v) is 4.59. The standard InChI is InChI=1S/C14H18N2O3/c1-10(18)16-6-4-11-8-12(2-3-13(11)16)14(19)9-15-5-7-17/h2-3,8,15,17H,4-7,9H2,1H3. The molecule has 0 spiro atoms. The van der Waals surface area contributed by atoms with Crippen LogP contribution in [0.15, 0.2) is 18.2 Å². The van der Waals surface area contributed by atoms with Crippen LogP contribution in [0.4, 0.5) is 5.69 Å². The minimum absolute atomic E-state index is 0.00229. The van der Waals surface area contributed by atoms with Gasteiger partial charge in [0, 0.05) is 31.3 Å². The molecule has 0 aliphatic carbocycles. The average molecular weight is 262 g/mol. The van der Waals surface area contributed by atoms with E-state index in [2.05, 4.69) is 5.32 Å². The van der Waals surface area contributed by atoms with E-state index in [4.69, 9.17) is 5.11 Å². The Morgan fingerprint density at radius 2 is 2.21 bits per heavy atom. The van der Waals surface area contributed by atoms with E-state index in [1.54, 1.807) is 17.9 Å². The molecule has 0 saturated heterocycles. The van der Waals surface area contributed by atoms with E-state index >= 15 is 0 Å². The summed E-state index contributed by atoms with van der Waals surface area (Å²) in [6.07, 6.45) is 0.792. The summed E-state index contributed by atoms with van der Waals surface area (Å²) in [4.78, 5) is 25.1. The van der Waals surface area contributed by atoms with Gasteiger partial charge in [-0.05, 0) is 30.2 Å². The fourth-order valence-electron chi connectivity index (χ4n) is 2.29. The van der Waals surface area contributed by atoms with Gasteiger partial charge < -0.3 is 15.3 Å². The Labute approximate surface area is 112 Å². The van der Waals surface area contributed by atoms with Crippen molar-refractivity contribution in [1.29, 1.82) is 0 Å². The average Bonchev–Trinajstić information content (AvgIpc) is 2.81. The molecule has 5 heteroatoms. The van der Waals surface area contributed by atoms with Crippen LogP contribution in [0.1, 0.15) is 22.8 Å². The van der Waals surface area contributed by atoms with Crippen molar-refractivity contribution in [1.82, 2.24) is 5.32 Å². The topological polar surface area (TPSA) is 69.6 Å². The maximum Gasteiger partial charge on any atom is 0.223 e. The molecule has 0 fully saturated rings. The Balaban J connectivity index is 2.10. The van der Waals surface area contributed by atoms with Crippen LogP contribution in [0.2, 0.25) is 0 Å². The molecule has 2 N–H and O–H groups in total. The van der Waals surface area contributed by atoms with E-state index in [0.717, 1.165) is 17.7 Å². The van der Waals surface area contributed by atoms with Gasteiger partial charge in [-0.1, -0.05) is 0 Å². The molecule has 102 valence electrons. The number of hydrogen-bond donors (Lipinski definition) is 2. The highest BCUT2D eigenvalue weighted by molar-refractivity contribution is 5.99. The number of carbonyl (C=O) groups is 2. The van der Waals surface area contributed by atoms with E-state index in [-0.39, 0.29) is 24.8 Å². The summed E-state index contributed by atoms with van der Waals surface area (Å²) in [7, 11) is 0. The molecule has 1 aromatic rings. The summed E-state index contributed by atoms with van der Waals surface area (Å²) in [5.41, 5.74) is 2.60. The molecule has 1 heterocycles. The van der Waals surface area contributed by atoms with E-state index in [1.807, 2.05) is 12.1 Å². The highest BCUT2D eigenvalue weighted by atomic mass is 16.3. The molecule has 0 radical (unpaired) electrons. The van der Waals surface area contributed by atoms with E-state index in [1.165, 1.54) is 0 Å². The Bertz CT molecular complexity index is 499. The SMILES string of the molecule is CC(=O)N1CCc2cc(C(=O)CNCCO)ccc21. The number of rotatable bonds is 5. The number of aliphatic hydroxyl groups is 1. The Morgan fingerprint density at radius 3 is 2.89 bits per heavy atom. The number of aliphatic hydroxyl groups excluding tert-OH is 1. The zero-order valence-corrected chi connectivity index (χ0v) is 11.0. The summed E-state index contributed by atoms with van der Waals surface area (Å²) < 4.78 is 0. The first-order valence-electron chi connectivity index (χ1n) is 6.39. The molecule has 0 unspecified atom stereocenters. The Morgan fingerprint density at radius 1 is 1.42 bits per heavy atom. The van der Waals surface area contributed by atoms with Crippen molar-refractivity contribution < 1.29 is 14.7 Å². The highest BCUT2D eigenvalue weighted by Crippen LogP contribution is 2.28. The largest absolute Gasteiger partial charge is 0.395 e. The van der Waals surface area contributed by atoms with Gasteiger partial charge in [0.2, 0.25) is 5.91 Å². The Hall–Kier alpha value is -1.72. The number of nitrogens with zero attached hydrogens (tertiary/aromatic N) is 1. The molecule has 0 bridgehead atoms. The van der Waals surface area contributed by atoms with Gasteiger partial charge >= 0.3 is 0 Å². The number of carbonyl (C=O) groups excluding carboxylic acids is 2. The maximum absolute atomic E-state index is 11.9. The summed E-state index contributed by atoms with van der Waals surface area (Å²) in [5, 5.41) is 11.5. The second kappa shape index (κ2) is 5.95. The third-order valence-corrected chi connectivity index (χ3v) is 3.25. The van der Waals surface area contributed by atoms with Crippen LogP contribution in [0.5, 0.6) is 0 Å². The minimum atomic E-state index is -0.00229. The van der Waals surface area contributed by atoms with Crippen LogP contribution in [0, 0.1) is 0 Å². The summed E-state index contributed by atoms with van der Waals surface area (Å²) in [5.74, 6) is 0.0277. The molecule has 0 aromatic heterocycles. The van der Waals surface area contributed by atoms with Crippen LogP contribution in [0.3, 0.4) is 0 Å². The first-order valence-corrected chi connectivity index (χ1v) is 6.39. The zero-order chi connectivity index (χ0) is 13.8. The third-order valence-electron chi connectivity index (χ3n) is 3.25. The first kappa shape index (κ1) is 13.7. The van der Waals surface area contributed by atoms with Gasteiger partial charge in [-0.2, -0.15) is 0 Å². The molecule has 1 amide bonds. The van der Waals surface area contributed by atoms with Gasteiger partial charge in [0.25, 0.3) is 0 Å². The first-order chi connectivity index (χ1) is 9.13. The fraction of sp³-hybridized carbons (Fsp3) is 0.429. The van der Waals surface area contributed by atoms with Crippen LogP contribution in [-0.2, 0) is 11.2 Å². The van der Waals surface area contributed by atoms with Crippen LogP contribution in [0.25, 0.3) is 0 Å². The van der Waals surface area contributed by atoms with E-state index in [9.17, 15) is 9.59 Å². The van der Waals surface area contributed by atoms with Crippen molar-refractivity contribution in [3.8, 4) is 0 Å². The van der Waals surface area contributed by atoms with Gasteiger partial charge in [-0.25, -0.2) is 0 Å². The lowest BCUT2D eigenvalue weighted by Gasteiger charge is -2.14. The lowest BCUT2D eigenvalue weighted by atomic mass is 10.1. The molecule has 0 atom stereocenters. The van der Waals surface area contributed by atoms with Crippen molar-refractivity contribution in [2.75, 3.05) is 31.1 Å². The molecule has 2 rings (SSSR count). The molecule has 1 aliphatic rings. The molecular formula is C14H18N2O3. The summed E-state index contributed by atoms with van der Waals surface area (Å²) in [6.45, 7) is 2.88. The third kappa shape index (κ3) is 3.00. The predicted molar refractivity (Wildman–Crippen MR) is 72.5 cm³/mol. The van der Waals surface area contributed by atoms with Crippen LogP contribution >= 0.6 is 0 Å². The van der Waals surface area contributed by atoms with Gasteiger partial charge in [-0.15, -0.1) is 0 Å². The maximum atomic E-state index is 11.9. The normalized spacial score (nSPS) is 13.5. The van der Waals surface area contributed by atoms with Gasteiger partial charge in [0.15, 0.2) is 5.78 Å². The lowest BCUT2D eigenvalue weighted by Crippen LogP contribution is -2.26. The smallest absolute Gasteiger partial charge is 0.223 e. The number of Topliss-reactive ketones (excluding diaryl/α,β-unsaturated/α-hetero) is 1. The van der Waals surface area contributed by atoms with Crippen LogP contribution in [-0.4, -0.2) is 43.0 Å². The van der Waals surface area contributed by atoms with E-state index < -0.39 is 0 Å². The quantitative estimate of drug-likeness (QED) is 0.594. The number of ketones is 1. The molecular weight excluding hydrogens is 244 g/mol.